The first-order valence-corrected chi connectivity index (χ1v) is 6.85. The lowest BCUT2D eigenvalue weighted by atomic mass is 10.2. The second kappa shape index (κ2) is 5.61. The van der Waals surface area contributed by atoms with Crippen LogP contribution in [0, 0.1) is 0 Å². The maximum atomic E-state index is 12.4. The lowest BCUT2D eigenvalue weighted by Crippen LogP contribution is -2.41. The summed E-state index contributed by atoms with van der Waals surface area (Å²) in [5.74, 6) is -0.269. The number of hydrogen-bond acceptors (Lipinski definition) is 6. The topological polar surface area (TPSA) is 77.3 Å². The highest BCUT2D eigenvalue weighted by molar-refractivity contribution is 5.76. The molecule has 0 N–H and O–H groups in total. The van der Waals surface area contributed by atoms with Gasteiger partial charge in [-0.3, -0.25) is 14.5 Å². The summed E-state index contributed by atoms with van der Waals surface area (Å²) in [5.41, 5.74) is 0.376. The first-order chi connectivity index (χ1) is 10.2. The molecule has 0 saturated carbocycles. The first-order valence-electron chi connectivity index (χ1n) is 6.85. The summed E-state index contributed by atoms with van der Waals surface area (Å²) in [4.78, 5) is 26.0. The minimum absolute atomic E-state index is 0.198. The molecule has 3 rings (SSSR count). The molecule has 1 atom stereocenters. The van der Waals surface area contributed by atoms with Gasteiger partial charge < -0.3 is 4.74 Å². The molecule has 0 aliphatic carbocycles. The second-order valence-corrected chi connectivity index (χ2v) is 5.05. The Hall–Kier alpha value is -2.28. The van der Waals surface area contributed by atoms with E-state index in [4.69, 9.17) is 4.74 Å². The second-order valence-electron chi connectivity index (χ2n) is 5.05. The van der Waals surface area contributed by atoms with Crippen LogP contribution >= 0.6 is 0 Å². The van der Waals surface area contributed by atoms with Crippen LogP contribution in [0.25, 0.3) is 10.9 Å². The van der Waals surface area contributed by atoms with Gasteiger partial charge in [0.2, 0.25) is 0 Å². The highest BCUT2D eigenvalue weighted by Crippen LogP contribution is 2.18. The smallest absolute Gasteiger partial charge is 0.323 e. The fraction of sp³-hybridized carbons (Fsp3) is 0.429. The van der Waals surface area contributed by atoms with E-state index in [9.17, 15) is 9.59 Å². The molecule has 1 aliphatic heterocycles. The number of carbonyl (C=O) groups excluding carboxylic acids is 1. The molecule has 7 nitrogen and oxygen atoms in total. The molecule has 1 aliphatic rings. The Balaban J connectivity index is 1.90. The standard InChI is InChI=1S/C14H16N4O3/c1-21-14(20)12-7-4-8-17(12)9-18-13(19)10-5-2-3-6-11(10)15-16-18/h2-3,5-6,12H,4,7-9H2,1H3. The van der Waals surface area contributed by atoms with E-state index in [-0.39, 0.29) is 24.2 Å². The highest BCUT2D eigenvalue weighted by Gasteiger charge is 2.32. The summed E-state index contributed by atoms with van der Waals surface area (Å²) < 4.78 is 6.09. The van der Waals surface area contributed by atoms with E-state index in [1.54, 1.807) is 18.2 Å². The third kappa shape index (κ3) is 2.52. The van der Waals surface area contributed by atoms with Crippen LogP contribution in [-0.4, -0.2) is 45.6 Å². The maximum Gasteiger partial charge on any atom is 0.323 e. The van der Waals surface area contributed by atoms with Crippen molar-refractivity contribution in [1.82, 2.24) is 19.9 Å². The van der Waals surface area contributed by atoms with E-state index in [0.29, 0.717) is 10.9 Å². The predicted molar refractivity (Wildman–Crippen MR) is 75.5 cm³/mol. The van der Waals surface area contributed by atoms with Crippen LogP contribution in [0.2, 0.25) is 0 Å². The summed E-state index contributed by atoms with van der Waals surface area (Å²) in [6.45, 7) is 0.983. The van der Waals surface area contributed by atoms with Crippen LogP contribution in [0.5, 0.6) is 0 Å². The van der Waals surface area contributed by atoms with Crippen LogP contribution in [-0.2, 0) is 16.2 Å². The van der Waals surface area contributed by atoms with Crippen molar-refractivity contribution >= 4 is 16.9 Å². The Morgan fingerprint density at radius 2 is 2.24 bits per heavy atom. The molecule has 0 bridgehead atoms. The monoisotopic (exact) mass is 288 g/mol. The average molecular weight is 288 g/mol. The van der Waals surface area contributed by atoms with Gasteiger partial charge in [0.15, 0.2) is 0 Å². The van der Waals surface area contributed by atoms with Gasteiger partial charge in [-0.05, 0) is 25.0 Å². The van der Waals surface area contributed by atoms with Crippen LogP contribution in [0.3, 0.4) is 0 Å². The number of methoxy groups -OCH3 is 1. The average Bonchev–Trinajstić information content (AvgIpc) is 2.98. The Kier molecular flexibility index (Phi) is 3.66. The molecule has 1 fully saturated rings. The van der Waals surface area contributed by atoms with Gasteiger partial charge in [-0.15, -0.1) is 5.10 Å². The molecule has 2 aromatic rings. The van der Waals surface area contributed by atoms with E-state index in [2.05, 4.69) is 10.3 Å². The van der Waals surface area contributed by atoms with Crippen molar-refractivity contribution in [1.29, 1.82) is 0 Å². The number of carbonyl (C=O) groups is 1. The Bertz CT molecular complexity index is 727. The molecule has 0 radical (unpaired) electrons. The third-order valence-electron chi connectivity index (χ3n) is 3.78. The van der Waals surface area contributed by atoms with Crippen molar-refractivity contribution < 1.29 is 9.53 Å². The van der Waals surface area contributed by atoms with E-state index in [0.717, 1.165) is 19.4 Å². The molecule has 2 heterocycles. The zero-order chi connectivity index (χ0) is 14.8. The molecule has 0 amide bonds. The summed E-state index contributed by atoms with van der Waals surface area (Å²) in [6, 6.07) is 6.78. The summed E-state index contributed by atoms with van der Waals surface area (Å²) >= 11 is 0. The van der Waals surface area contributed by atoms with E-state index >= 15 is 0 Å². The summed E-state index contributed by atoms with van der Waals surface area (Å²) in [5, 5.41) is 8.52. The molecular weight excluding hydrogens is 272 g/mol. The predicted octanol–water partition coefficient (Wildman–Crippen LogP) is 0.386. The number of ether oxygens (including phenoxy) is 1. The van der Waals surface area contributed by atoms with Crippen molar-refractivity contribution in [2.45, 2.75) is 25.6 Å². The molecular formula is C14H16N4O3. The summed E-state index contributed by atoms with van der Waals surface area (Å²) in [6.07, 6.45) is 1.64. The molecule has 1 unspecified atom stereocenters. The molecule has 1 aromatic heterocycles. The third-order valence-corrected chi connectivity index (χ3v) is 3.78. The maximum absolute atomic E-state index is 12.4. The van der Waals surface area contributed by atoms with Gasteiger partial charge >= 0.3 is 5.97 Å². The highest BCUT2D eigenvalue weighted by atomic mass is 16.5. The Labute approximate surface area is 121 Å². The molecule has 1 saturated heterocycles. The van der Waals surface area contributed by atoms with Crippen LogP contribution in [0.1, 0.15) is 12.8 Å². The number of hydrogen-bond donors (Lipinski definition) is 0. The normalized spacial score (nSPS) is 19.0. The van der Waals surface area contributed by atoms with E-state index in [1.807, 2.05) is 11.0 Å². The first kappa shape index (κ1) is 13.7. The zero-order valence-corrected chi connectivity index (χ0v) is 11.7. The molecule has 110 valence electrons. The van der Waals surface area contributed by atoms with Crippen molar-refractivity contribution in [2.24, 2.45) is 0 Å². The van der Waals surface area contributed by atoms with Crippen molar-refractivity contribution in [3.63, 3.8) is 0 Å². The Morgan fingerprint density at radius 1 is 1.43 bits per heavy atom. The molecule has 21 heavy (non-hydrogen) atoms. The van der Waals surface area contributed by atoms with Crippen molar-refractivity contribution in [2.75, 3.05) is 13.7 Å². The SMILES string of the molecule is COC(=O)C1CCCN1Cn1nnc2ccccc2c1=O. The number of likely N-dealkylation sites (tertiary alicyclic amines) is 1. The lowest BCUT2D eigenvalue weighted by Gasteiger charge is -2.22. The number of esters is 1. The molecule has 7 heteroatoms. The number of benzene rings is 1. The Morgan fingerprint density at radius 3 is 3.05 bits per heavy atom. The number of nitrogens with zero attached hydrogens (tertiary/aromatic N) is 4. The largest absolute Gasteiger partial charge is 0.468 e. The minimum atomic E-state index is -0.310. The van der Waals surface area contributed by atoms with E-state index < -0.39 is 0 Å². The fourth-order valence-corrected chi connectivity index (χ4v) is 2.69. The van der Waals surface area contributed by atoms with Gasteiger partial charge in [-0.2, -0.15) is 4.68 Å². The van der Waals surface area contributed by atoms with Gasteiger partial charge in [0.1, 0.15) is 11.6 Å². The number of aromatic nitrogens is 3. The molecule has 0 spiro atoms. The van der Waals surface area contributed by atoms with Gasteiger partial charge in [-0.1, -0.05) is 17.3 Å². The number of rotatable bonds is 3. The van der Waals surface area contributed by atoms with Crippen LogP contribution in [0.15, 0.2) is 29.1 Å². The number of fused-ring (bicyclic) bond motifs is 1. The van der Waals surface area contributed by atoms with Gasteiger partial charge in [-0.25, -0.2) is 0 Å². The van der Waals surface area contributed by atoms with Crippen molar-refractivity contribution in [3.05, 3.63) is 34.6 Å². The summed E-state index contributed by atoms with van der Waals surface area (Å²) in [7, 11) is 1.38. The van der Waals surface area contributed by atoms with Gasteiger partial charge in [0, 0.05) is 6.54 Å². The minimum Gasteiger partial charge on any atom is -0.468 e. The van der Waals surface area contributed by atoms with Gasteiger partial charge in [0.25, 0.3) is 5.56 Å². The quantitative estimate of drug-likeness (QED) is 0.760. The molecule has 1 aromatic carbocycles. The lowest BCUT2D eigenvalue weighted by molar-refractivity contribution is -0.146. The van der Waals surface area contributed by atoms with E-state index in [1.165, 1.54) is 11.8 Å². The van der Waals surface area contributed by atoms with Crippen molar-refractivity contribution in [3.8, 4) is 0 Å². The zero-order valence-electron chi connectivity index (χ0n) is 11.7. The van der Waals surface area contributed by atoms with Crippen LogP contribution in [0.4, 0.5) is 0 Å². The van der Waals surface area contributed by atoms with Gasteiger partial charge in [0.05, 0.1) is 19.2 Å². The van der Waals surface area contributed by atoms with Crippen LogP contribution < -0.4 is 5.56 Å². The fourth-order valence-electron chi connectivity index (χ4n) is 2.69.